The molecule has 1 radical (unpaired) electrons. The minimum Gasteiger partial charge on any atom is -0.535 e. The Kier molecular flexibility index (Phi) is 3.36. The summed E-state index contributed by atoms with van der Waals surface area (Å²) in [5.74, 6) is -0.578. The number of carboxylic acid groups (broad SMARTS) is 1. The fourth-order valence-electron chi connectivity index (χ4n) is 0.959. The Bertz CT molecular complexity index is 339. The van der Waals surface area contributed by atoms with Crippen molar-refractivity contribution in [3.63, 3.8) is 0 Å². The van der Waals surface area contributed by atoms with E-state index in [1.807, 2.05) is 0 Å². The van der Waals surface area contributed by atoms with Crippen LogP contribution in [0.5, 0.6) is 11.5 Å². The molecule has 14 heavy (non-hydrogen) atoms. The van der Waals surface area contributed by atoms with Gasteiger partial charge in [-0.15, -0.1) is 0 Å². The monoisotopic (exact) mass is 195 g/mol. The summed E-state index contributed by atoms with van der Waals surface area (Å²) < 4.78 is 9.54. The first-order valence-electron chi connectivity index (χ1n) is 3.73. The Balaban J connectivity index is 3.07. The van der Waals surface area contributed by atoms with Crippen LogP contribution in [-0.4, -0.2) is 30.9 Å². The van der Waals surface area contributed by atoms with E-state index in [1.54, 1.807) is 0 Å². The number of hydrogen-bond donors (Lipinski definition) is 2. The van der Waals surface area contributed by atoms with Crippen molar-refractivity contribution in [2.75, 3.05) is 7.11 Å². The van der Waals surface area contributed by atoms with Gasteiger partial charge < -0.3 is 19.5 Å². The summed E-state index contributed by atoms with van der Waals surface area (Å²) in [4.78, 5) is 10.6. The molecular weight excluding hydrogens is 187 g/mol. The van der Waals surface area contributed by atoms with E-state index in [-0.39, 0.29) is 11.3 Å². The van der Waals surface area contributed by atoms with Gasteiger partial charge in [-0.2, -0.15) is 0 Å². The summed E-state index contributed by atoms with van der Waals surface area (Å²) in [7, 11) is 1.88. The van der Waals surface area contributed by atoms with Gasteiger partial charge in [0.05, 0.1) is 12.7 Å². The molecule has 2 N–H and O–H groups in total. The molecule has 1 aromatic rings. The second kappa shape index (κ2) is 4.52. The van der Waals surface area contributed by atoms with E-state index in [0.29, 0.717) is 13.4 Å². The highest BCUT2D eigenvalue weighted by Gasteiger charge is 2.09. The van der Waals surface area contributed by atoms with Gasteiger partial charge >= 0.3 is 13.7 Å². The van der Waals surface area contributed by atoms with Crippen molar-refractivity contribution in [1.82, 2.24) is 0 Å². The average Bonchev–Trinajstić information content (AvgIpc) is 2.18. The van der Waals surface area contributed by atoms with Gasteiger partial charge in [0.1, 0.15) is 5.75 Å². The Hall–Kier alpha value is -1.69. The average molecular weight is 195 g/mol. The number of methoxy groups -OCH3 is 1. The molecule has 0 unspecified atom stereocenters. The van der Waals surface area contributed by atoms with Crippen molar-refractivity contribution in [1.29, 1.82) is 0 Å². The van der Waals surface area contributed by atoms with Crippen LogP contribution >= 0.6 is 0 Å². The second-order valence-electron chi connectivity index (χ2n) is 2.39. The molecule has 0 aliphatic heterocycles. The quantitative estimate of drug-likeness (QED) is 0.675. The molecule has 1 aromatic carbocycles. The van der Waals surface area contributed by atoms with Crippen molar-refractivity contribution in [2.24, 2.45) is 0 Å². The van der Waals surface area contributed by atoms with Crippen LogP contribution in [-0.2, 0) is 0 Å². The minimum atomic E-state index is -1.07. The van der Waals surface area contributed by atoms with Crippen molar-refractivity contribution in [3.05, 3.63) is 23.8 Å². The van der Waals surface area contributed by atoms with E-state index in [1.165, 1.54) is 25.3 Å². The van der Waals surface area contributed by atoms with Gasteiger partial charge in [-0.25, -0.2) is 4.79 Å². The van der Waals surface area contributed by atoms with Gasteiger partial charge in [0.25, 0.3) is 0 Å². The SMILES string of the molecule is COc1ccc(C(=O)O)cc1O[B]O. The first-order chi connectivity index (χ1) is 6.69. The molecule has 5 nitrogen and oxygen atoms in total. The summed E-state index contributed by atoms with van der Waals surface area (Å²) in [6.45, 7) is 0. The molecule has 0 atom stereocenters. The first-order valence-corrected chi connectivity index (χ1v) is 3.73. The lowest BCUT2D eigenvalue weighted by molar-refractivity contribution is 0.0696. The van der Waals surface area contributed by atoms with Crippen LogP contribution in [0.15, 0.2) is 18.2 Å². The van der Waals surface area contributed by atoms with Crippen molar-refractivity contribution >= 4 is 13.7 Å². The number of hydrogen-bond acceptors (Lipinski definition) is 4. The zero-order chi connectivity index (χ0) is 10.6. The van der Waals surface area contributed by atoms with E-state index < -0.39 is 5.97 Å². The van der Waals surface area contributed by atoms with E-state index in [0.717, 1.165) is 0 Å². The van der Waals surface area contributed by atoms with E-state index >= 15 is 0 Å². The second-order valence-corrected chi connectivity index (χ2v) is 2.39. The Morgan fingerprint density at radius 1 is 1.43 bits per heavy atom. The van der Waals surface area contributed by atoms with E-state index in [9.17, 15) is 4.79 Å². The predicted molar refractivity (Wildman–Crippen MR) is 48.6 cm³/mol. The van der Waals surface area contributed by atoms with Gasteiger partial charge in [0, 0.05) is 0 Å². The highest BCUT2D eigenvalue weighted by molar-refractivity contribution is 6.17. The summed E-state index contributed by atoms with van der Waals surface area (Å²) in [6, 6.07) is 4.08. The highest BCUT2D eigenvalue weighted by atomic mass is 16.5. The molecule has 0 aliphatic carbocycles. The number of benzene rings is 1. The van der Waals surface area contributed by atoms with Crippen molar-refractivity contribution < 1.29 is 24.3 Å². The van der Waals surface area contributed by atoms with Crippen LogP contribution in [0.4, 0.5) is 0 Å². The van der Waals surface area contributed by atoms with Crippen molar-refractivity contribution in [2.45, 2.75) is 0 Å². The zero-order valence-corrected chi connectivity index (χ0v) is 7.43. The van der Waals surface area contributed by atoms with Gasteiger partial charge in [-0.05, 0) is 18.2 Å². The third kappa shape index (κ3) is 2.17. The minimum absolute atomic E-state index is 0.0580. The smallest absolute Gasteiger partial charge is 0.535 e. The molecule has 0 aromatic heterocycles. The largest absolute Gasteiger partial charge is 0.569 e. The summed E-state index contributed by atoms with van der Waals surface area (Å²) in [5.41, 5.74) is 0.0580. The third-order valence-corrected chi connectivity index (χ3v) is 1.59. The first kappa shape index (κ1) is 10.4. The van der Waals surface area contributed by atoms with Crippen molar-refractivity contribution in [3.8, 4) is 11.5 Å². The summed E-state index contributed by atoms with van der Waals surface area (Å²) in [5, 5.41) is 17.1. The van der Waals surface area contributed by atoms with Crippen LogP contribution in [0.1, 0.15) is 10.4 Å². The van der Waals surface area contributed by atoms with Crippen LogP contribution in [0, 0.1) is 0 Å². The lowest BCUT2D eigenvalue weighted by Gasteiger charge is -2.08. The molecular formula is C8H8BO5. The molecule has 0 fully saturated rings. The molecule has 0 saturated carbocycles. The summed E-state index contributed by atoms with van der Waals surface area (Å²) in [6.07, 6.45) is 0. The molecule has 0 spiro atoms. The fraction of sp³-hybridized carbons (Fsp3) is 0.125. The number of carboxylic acids is 1. The van der Waals surface area contributed by atoms with E-state index in [2.05, 4.69) is 4.65 Å². The van der Waals surface area contributed by atoms with Crippen LogP contribution in [0.3, 0.4) is 0 Å². The highest BCUT2D eigenvalue weighted by Crippen LogP contribution is 2.27. The van der Waals surface area contributed by atoms with Crippen LogP contribution in [0.25, 0.3) is 0 Å². The molecule has 0 aliphatic rings. The fourth-order valence-corrected chi connectivity index (χ4v) is 0.959. The van der Waals surface area contributed by atoms with Crippen LogP contribution < -0.4 is 9.39 Å². The lowest BCUT2D eigenvalue weighted by atomic mass is 10.2. The Labute approximate surface area is 81.2 Å². The summed E-state index contributed by atoms with van der Waals surface area (Å²) >= 11 is 0. The Morgan fingerprint density at radius 3 is 2.64 bits per heavy atom. The maximum Gasteiger partial charge on any atom is 0.569 e. The number of carbonyl (C=O) groups is 1. The molecule has 73 valence electrons. The van der Waals surface area contributed by atoms with Gasteiger partial charge in [0.15, 0.2) is 5.75 Å². The maximum absolute atomic E-state index is 10.6. The topological polar surface area (TPSA) is 76.0 Å². The number of rotatable bonds is 4. The Morgan fingerprint density at radius 2 is 2.14 bits per heavy atom. The predicted octanol–water partition coefficient (Wildman–Crippen LogP) is 0.299. The molecule has 0 bridgehead atoms. The zero-order valence-electron chi connectivity index (χ0n) is 7.43. The molecule has 0 saturated heterocycles. The van der Waals surface area contributed by atoms with E-state index in [4.69, 9.17) is 14.9 Å². The van der Waals surface area contributed by atoms with Gasteiger partial charge in [-0.1, -0.05) is 0 Å². The normalized spacial score (nSPS) is 9.29. The van der Waals surface area contributed by atoms with Gasteiger partial charge in [-0.3, -0.25) is 0 Å². The molecule has 0 amide bonds. The number of aromatic carboxylic acids is 1. The van der Waals surface area contributed by atoms with Gasteiger partial charge in [0.2, 0.25) is 0 Å². The van der Waals surface area contributed by atoms with Crippen LogP contribution in [0.2, 0.25) is 0 Å². The lowest BCUT2D eigenvalue weighted by Crippen LogP contribution is -2.04. The third-order valence-electron chi connectivity index (χ3n) is 1.59. The molecule has 1 rings (SSSR count). The standard InChI is InChI=1S/C8H8BO5/c1-13-6-3-2-5(8(10)11)4-7(6)14-9-12/h2-4,12H,1H3,(H,10,11). The maximum atomic E-state index is 10.6. The number of ether oxygens (including phenoxy) is 1. The molecule has 0 heterocycles. The molecule has 6 heteroatoms.